The van der Waals surface area contributed by atoms with Gasteiger partial charge in [0.25, 0.3) is 0 Å². The molecule has 0 unspecified atom stereocenters. The molecule has 0 atom stereocenters. The molecule has 4 heteroatoms. The van der Waals surface area contributed by atoms with Gasteiger partial charge in [-0.2, -0.15) is 0 Å². The molecule has 0 saturated carbocycles. The van der Waals surface area contributed by atoms with Crippen LogP contribution in [0.1, 0.15) is 24.6 Å². The van der Waals surface area contributed by atoms with Crippen LogP contribution in [0.25, 0.3) is 0 Å². The molecule has 2 rings (SSSR count). The van der Waals surface area contributed by atoms with Crippen LogP contribution in [0.15, 0.2) is 17.5 Å². The van der Waals surface area contributed by atoms with E-state index < -0.39 is 5.60 Å². The van der Waals surface area contributed by atoms with Crippen molar-refractivity contribution in [3.8, 4) is 0 Å². The quantitative estimate of drug-likeness (QED) is 0.839. The SMILES string of the molecule is CCN(Cc1cccs1)CC1(O)CCNCC1. The van der Waals surface area contributed by atoms with Crippen molar-refractivity contribution in [1.82, 2.24) is 10.2 Å². The molecule has 1 aliphatic heterocycles. The zero-order valence-corrected chi connectivity index (χ0v) is 11.3. The molecule has 1 aromatic rings. The van der Waals surface area contributed by atoms with Crippen LogP contribution in [-0.2, 0) is 6.54 Å². The highest BCUT2D eigenvalue weighted by Gasteiger charge is 2.30. The fraction of sp³-hybridized carbons (Fsp3) is 0.692. The van der Waals surface area contributed by atoms with E-state index in [-0.39, 0.29) is 0 Å². The van der Waals surface area contributed by atoms with E-state index in [1.54, 1.807) is 11.3 Å². The van der Waals surface area contributed by atoms with Crippen LogP contribution in [0.5, 0.6) is 0 Å². The summed E-state index contributed by atoms with van der Waals surface area (Å²) in [6.07, 6.45) is 1.74. The molecule has 1 aliphatic rings. The molecule has 1 fully saturated rings. The Balaban J connectivity index is 1.90. The van der Waals surface area contributed by atoms with E-state index in [0.717, 1.165) is 45.6 Å². The van der Waals surface area contributed by atoms with Crippen molar-refractivity contribution in [1.29, 1.82) is 0 Å². The van der Waals surface area contributed by atoms with Crippen molar-refractivity contribution in [2.24, 2.45) is 0 Å². The summed E-state index contributed by atoms with van der Waals surface area (Å²) in [6, 6.07) is 4.26. The molecule has 17 heavy (non-hydrogen) atoms. The van der Waals surface area contributed by atoms with Gasteiger partial charge in [-0.1, -0.05) is 13.0 Å². The molecule has 2 heterocycles. The summed E-state index contributed by atoms with van der Waals surface area (Å²) in [5, 5.41) is 15.9. The predicted molar refractivity (Wildman–Crippen MR) is 72.3 cm³/mol. The van der Waals surface area contributed by atoms with Gasteiger partial charge in [0.2, 0.25) is 0 Å². The monoisotopic (exact) mass is 254 g/mol. The molecule has 0 radical (unpaired) electrons. The van der Waals surface area contributed by atoms with Gasteiger partial charge in [-0.15, -0.1) is 11.3 Å². The van der Waals surface area contributed by atoms with E-state index in [2.05, 4.69) is 34.7 Å². The second-order valence-electron chi connectivity index (χ2n) is 4.86. The van der Waals surface area contributed by atoms with Crippen molar-refractivity contribution in [2.75, 3.05) is 26.2 Å². The summed E-state index contributed by atoms with van der Waals surface area (Å²) in [6.45, 7) is 6.79. The van der Waals surface area contributed by atoms with Crippen molar-refractivity contribution in [2.45, 2.75) is 31.9 Å². The first-order chi connectivity index (χ1) is 8.22. The number of thiophene rings is 1. The van der Waals surface area contributed by atoms with Gasteiger partial charge in [-0.05, 0) is 43.9 Å². The fourth-order valence-electron chi connectivity index (χ4n) is 2.37. The number of hydrogen-bond acceptors (Lipinski definition) is 4. The third kappa shape index (κ3) is 3.78. The average molecular weight is 254 g/mol. The summed E-state index contributed by atoms with van der Waals surface area (Å²) in [5.74, 6) is 0. The maximum atomic E-state index is 10.5. The van der Waals surface area contributed by atoms with Gasteiger partial charge in [0.05, 0.1) is 5.60 Å². The summed E-state index contributed by atoms with van der Waals surface area (Å²) < 4.78 is 0. The Hall–Kier alpha value is -0.420. The van der Waals surface area contributed by atoms with Crippen LogP contribution >= 0.6 is 11.3 Å². The maximum absolute atomic E-state index is 10.5. The number of rotatable bonds is 5. The van der Waals surface area contributed by atoms with Crippen molar-refractivity contribution >= 4 is 11.3 Å². The molecular formula is C13H22N2OS. The van der Waals surface area contributed by atoms with Gasteiger partial charge in [0.1, 0.15) is 0 Å². The van der Waals surface area contributed by atoms with Crippen molar-refractivity contribution in [3.63, 3.8) is 0 Å². The van der Waals surface area contributed by atoms with Gasteiger partial charge in [-0.25, -0.2) is 0 Å². The van der Waals surface area contributed by atoms with Gasteiger partial charge in [0.15, 0.2) is 0 Å². The fourth-order valence-corrected chi connectivity index (χ4v) is 3.12. The molecule has 0 aliphatic carbocycles. The minimum Gasteiger partial charge on any atom is -0.388 e. The van der Waals surface area contributed by atoms with Crippen LogP contribution in [0.3, 0.4) is 0 Å². The van der Waals surface area contributed by atoms with Crippen LogP contribution in [0, 0.1) is 0 Å². The predicted octanol–water partition coefficient (Wildman–Crippen LogP) is 1.68. The Labute approximate surface area is 107 Å². The normalized spacial score (nSPS) is 19.7. The molecule has 1 saturated heterocycles. The van der Waals surface area contributed by atoms with Crippen LogP contribution in [-0.4, -0.2) is 41.8 Å². The zero-order chi connectivity index (χ0) is 12.1. The largest absolute Gasteiger partial charge is 0.388 e. The lowest BCUT2D eigenvalue weighted by Gasteiger charge is -2.36. The first-order valence-electron chi connectivity index (χ1n) is 6.40. The second-order valence-corrected chi connectivity index (χ2v) is 5.89. The number of aliphatic hydroxyl groups is 1. The van der Waals surface area contributed by atoms with E-state index >= 15 is 0 Å². The Morgan fingerprint density at radius 2 is 2.24 bits per heavy atom. The molecule has 3 nitrogen and oxygen atoms in total. The highest BCUT2D eigenvalue weighted by atomic mass is 32.1. The maximum Gasteiger partial charge on any atom is 0.0798 e. The third-order valence-corrected chi connectivity index (χ3v) is 4.32. The molecule has 2 N–H and O–H groups in total. The van der Waals surface area contributed by atoms with Crippen molar-refractivity contribution in [3.05, 3.63) is 22.4 Å². The summed E-state index contributed by atoms with van der Waals surface area (Å²) >= 11 is 1.79. The first-order valence-corrected chi connectivity index (χ1v) is 7.28. The molecule has 96 valence electrons. The Morgan fingerprint density at radius 1 is 1.47 bits per heavy atom. The first kappa shape index (κ1) is 13.0. The molecule has 0 spiro atoms. The van der Waals surface area contributed by atoms with E-state index in [0.29, 0.717) is 0 Å². The van der Waals surface area contributed by atoms with Gasteiger partial charge in [-0.3, -0.25) is 4.90 Å². The van der Waals surface area contributed by atoms with Crippen LogP contribution in [0.2, 0.25) is 0 Å². The van der Waals surface area contributed by atoms with Gasteiger partial charge < -0.3 is 10.4 Å². The standard InChI is InChI=1S/C13H22N2OS/c1-2-15(10-12-4-3-9-17-12)11-13(16)5-7-14-8-6-13/h3-4,9,14,16H,2,5-8,10-11H2,1H3. The number of hydrogen-bond donors (Lipinski definition) is 2. The van der Waals surface area contributed by atoms with E-state index in [4.69, 9.17) is 0 Å². The van der Waals surface area contributed by atoms with Crippen LogP contribution < -0.4 is 5.32 Å². The van der Waals surface area contributed by atoms with E-state index in [1.165, 1.54) is 4.88 Å². The average Bonchev–Trinajstić information content (AvgIpc) is 2.81. The Bertz CT molecular complexity index is 320. The lowest BCUT2D eigenvalue weighted by molar-refractivity contribution is -0.0214. The lowest BCUT2D eigenvalue weighted by atomic mass is 9.92. The highest BCUT2D eigenvalue weighted by molar-refractivity contribution is 7.09. The molecular weight excluding hydrogens is 232 g/mol. The Kier molecular flexibility index (Phi) is 4.56. The minimum atomic E-state index is -0.488. The highest BCUT2D eigenvalue weighted by Crippen LogP contribution is 2.21. The smallest absolute Gasteiger partial charge is 0.0798 e. The third-order valence-electron chi connectivity index (χ3n) is 3.46. The Morgan fingerprint density at radius 3 is 2.82 bits per heavy atom. The molecule has 0 aromatic carbocycles. The number of nitrogens with zero attached hydrogens (tertiary/aromatic N) is 1. The topological polar surface area (TPSA) is 35.5 Å². The number of piperidine rings is 1. The molecule has 1 aromatic heterocycles. The van der Waals surface area contributed by atoms with E-state index in [9.17, 15) is 5.11 Å². The lowest BCUT2D eigenvalue weighted by Crippen LogP contribution is -2.49. The summed E-state index contributed by atoms with van der Waals surface area (Å²) in [7, 11) is 0. The zero-order valence-electron chi connectivity index (χ0n) is 10.5. The minimum absolute atomic E-state index is 0.488. The second kappa shape index (κ2) is 5.96. The summed E-state index contributed by atoms with van der Waals surface area (Å²) in [5.41, 5.74) is -0.488. The number of likely N-dealkylation sites (N-methyl/N-ethyl adjacent to an activating group) is 1. The van der Waals surface area contributed by atoms with Crippen LogP contribution in [0.4, 0.5) is 0 Å². The van der Waals surface area contributed by atoms with Gasteiger partial charge in [0, 0.05) is 18.0 Å². The van der Waals surface area contributed by atoms with E-state index in [1.807, 2.05) is 0 Å². The molecule has 0 bridgehead atoms. The summed E-state index contributed by atoms with van der Waals surface area (Å²) in [4.78, 5) is 3.72. The molecule has 0 amide bonds. The van der Waals surface area contributed by atoms with Gasteiger partial charge >= 0.3 is 0 Å². The van der Waals surface area contributed by atoms with Crippen molar-refractivity contribution < 1.29 is 5.11 Å². The number of nitrogens with one attached hydrogen (secondary N) is 1.